The number of rotatable bonds is 6. The number of nitrogens with zero attached hydrogens (tertiary/aromatic N) is 4. The van der Waals surface area contributed by atoms with Crippen LogP contribution in [0.1, 0.15) is 46.6 Å². The summed E-state index contributed by atoms with van der Waals surface area (Å²) in [6.07, 6.45) is -2.04. The molecule has 14 heteroatoms. The number of sulfone groups is 1. The molecular formula is C22H20F3N5O5S. The molecule has 10 nitrogen and oxygen atoms in total. The number of hydrogen-bond acceptors (Lipinski definition) is 9. The first-order chi connectivity index (χ1) is 16.8. The van der Waals surface area contributed by atoms with Crippen LogP contribution >= 0.6 is 0 Å². The molecule has 1 aliphatic rings. The molecule has 190 valence electrons. The number of ether oxygens (including phenoxy) is 1. The van der Waals surface area contributed by atoms with Gasteiger partial charge in [0.2, 0.25) is 5.88 Å². The Bertz CT molecular complexity index is 1420. The molecule has 0 atom stereocenters. The fourth-order valence-corrected chi connectivity index (χ4v) is 4.26. The average Bonchev–Trinajstić information content (AvgIpc) is 2.77. The zero-order valence-corrected chi connectivity index (χ0v) is 19.8. The van der Waals surface area contributed by atoms with Gasteiger partial charge in [0, 0.05) is 18.0 Å². The average molecular weight is 523 g/mol. The number of aliphatic hydroxyl groups is 1. The number of anilines is 1. The number of alkyl halides is 3. The molecule has 0 bridgehead atoms. The van der Waals surface area contributed by atoms with Crippen molar-refractivity contribution in [3.05, 3.63) is 58.9 Å². The second-order valence-corrected chi connectivity index (χ2v) is 10.4. The number of halogens is 3. The molecule has 2 aromatic heterocycles. The Morgan fingerprint density at radius 2 is 1.83 bits per heavy atom. The number of benzene rings is 1. The van der Waals surface area contributed by atoms with Crippen LogP contribution in [0.3, 0.4) is 0 Å². The van der Waals surface area contributed by atoms with Gasteiger partial charge in [-0.3, -0.25) is 4.79 Å². The number of carbonyl (C=O) groups is 1. The lowest BCUT2D eigenvalue weighted by atomic mass is 9.78. The van der Waals surface area contributed by atoms with Gasteiger partial charge in [-0.05, 0) is 56.0 Å². The minimum atomic E-state index is -4.90. The molecule has 0 spiro atoms. The smallest absolute Gasteiger partial charge is 0.417 e. The van der Waals surface area contributed by atoms with E-state index in [0.29, 0.717) is 18.5 Å². The molecule has 1 aliphatic carbocycles. The third-order valence-electron chi connectivity index (χ3n) is 5.70. The molecule has 1 amide bonds. The van der Waals surface area contributed by atoms with Crippen LogP contribution in [0.2, 0.25) is 0 Å². The molecule has 2 N–H and O–H groups in total. The number of nitrogens with one attached hydrogen (secondary N) is 1. The molecule has 2 heterocycles. The van der Waals surface area contributed by atoms with Crippen molar-refractivity contribution in [2.45, 2.75) is 42.9 Å². The Morgan fingerprint density at radius 3 is 2.39 bits per heavy atom. The maximum Gasteiger partial charge on any atom is 0.435 e. The molecule has 0 unspecified atom stereocenters. The summed E-state index contributed by atoms with van der Waals surface area (Å²) >= 11 is 0. The van der Waals surface area contributed by atoms with Crippen LogP contribution in [0, 0.1) is 6.92 Å². The third kappa shape index (κ3) is 5.14. The normalized spacial score (nSPS) is 15.2. The van der Waals surface area contributed by atoms with E-state index in [4.69, 9.17) is 4.74 Å². The second kappa shape index (κ2) is 9.09. The summed E-state index contributed by atoms with van der Waals surface area (Å²) in [7, 11) is -3.60. The van der Waals surface area contributed by atoms with E-state index >= 15 is 0 Å². The number of amides is 1. The lowest BCUT2D eigenvalue weighted by molar-refractivity contribution is -0.142. The van der Waals surface area contributed by atoms with Crippen LogP contribution in [0.25, 0.3) is 0 Å². The van der Waals surface area contributed by atoms with E-state index in [2.05, 4.69) is 25.7 Å². The SMILES string of the molecule is Cc1c(C(F)(F)F)nnc(Oc2ccc(C3(O)CCC3)nn2)c1C(=O)Nc1cccc(S(C)(=O)=O)c1. The van der Waals surface area contributed by atoms with Crippen LogP contribution in [0.5, 0.6) is 11.8 Å². The zero-order valence-electron chi connectivity index (χ0n) is 19.0. The molecule has 1 fully saturated rings. The first-order valence-corrected chi connectivity index (χ1v) is 12.5. The highest BCUT2D eigenvalue weighted by Gasteiger charge is 2.39. The quantitative estimate of drug-likeness (QED) is 0.497. The summed E-state index contributed by atoms with van der Waals surface area (Å²) in [6.45, 7) is 1.03. The summed E-state index contributed by atoms with van der Waals surface area (Å²) < 4.78 is 69.5. The topological polar surface area (TPSA) is 144 Å². The molecule has 0 aliphatic heterocycles. The van der Waals surface area contributed by atoms with Crippen LogP contribution in [-0.4, -0.2) is 46.1 Å². The van der Waals surface area contributed by atoms with Gasteiger partial charge in [0.05, 0.1) is 10.6 Å². The van der Waals surface area contributed by atoms with Crippen molar-refractivity contribution >= 4 is 21.4 Å². The standard InChI is InChI=1S/C22H20F3N5O5S/c1-12-17(19(31)26-13-5-3-6-14(11-13)36(2,33)34)20(30-29-18(12)22(23,24)25)35-16-8-7-15(27-28-16)21(32)9-4-10-21/h3,5-8,11,32H,4,9-10H2,1-2H3,(H,26,31). The van der Waals surface area contributed by atoms with Crippen LogP contribution in [0.4, 0.5) is 18.9 Å². The molecule has 0 radical (unpaired) electrons. The summed E-state index contributed by atoms with van der Waals surface area (Å²) in [5.74, 6) is -1.80. The first-order valence-electron chi connectivity index (χ1n) is 10.6. The number of hydrogen-bond donors (Lipinski definition) is 2. The molecular weight excluding hydrogens is 503 g/mol. The Kier molecular flexibility index (Phi) is 6.43. The summed E-state index contributed by atoms with van der Waals surface area (Å²) in [5, 5.41) is 27.1. The van der Waals surface area contributed by atoms with Gasteiger partial charge in [-0.2, -0.15) is 13.2 Å². The predicted molar refractivity (Wildman–Crippen MR) is 119 cm³/mol. The Hall–Kier alpha value is -3.65. The maximum absolute atomic E-state index is 13.5. The van der Waals surface area contributed by atoms with Crippen LogP contribution in [-0.2, 0) is 21.6 Å². The van der Waals surface area contributed by atoms with Crippen molar-refractivity contribution in [3.63, 3.8) is 0 Å². The predicted octanol–water partition coefficient (Wildman–Crippen LogP) is 3.41. The summed E-state index contributed by atoms with van der Waals surface area (Å²) in [5.41, 5.74) is -3.26. The second-order valence-electron chi connectivity index (χ2n) is 8.35. The van der Waals surface area contributed by atoms with E-state index in [1.54, 1.807) is 0 Å². The molecule has 36 heavy (non-hydrogen) atoms. The largest absolute Gasteiger partial charge is 0.435 e. The van der Waals surface area contributed by atoms with Gasteiger partial charge in [-0.25, -0.2) is 8.42 Å². The maximum atomic E-state index is 13.5. The van der Waals surface area contributed by atoms with E-state index in [1.165, 1.54) is 30.3 Å². The van der Waals surface area contributed by atoms with E-state index in [-0.39, 0.29) is 16.5 Å². The summed E-state index contributed by atoms with van der Waals surface area (Å²) in [6, 6.07) is 8.01. The highest BCUT2D eigenvalue weighted by atomic mass is 32.2. The molecule has 1 aromatic carbocycles. The monoisotopic (exact) mass is 523 g/mol. The fourth-order valence-electron chi connectivity index (χ4n) is 3.59. The lowest BCUT2D eigenvalue weighted by Crippen LogP contribution is -2.34. The van der Waals surface area contributed by atoms with Crippen molar-refractivity contribution in [3.8, 4) is 11.8 Å². The van der Waals surface area contributed by atoms with Crippen LogP contribution < -0.4 is 10.1 Å². The Labute approximate surface area is 203 Å². The molecule has 0 saturated heterocycles. The van der Waals surface area contributed by atoms with Gasteiger partial charge in [0.15, 0.2) is 15.5 Å². The molecule has 4 rings (SSSR count). The van der Waals surface area contributed by atoms with Crippen molar-refractivity contribution in [2.75, 3.05) is 11.6 Å². The summed E-state index contributed by atoms with van der Waals surface area (Å²) in [4.78, 5) is 13.0. The minimum Gasteiger partial charge on any atom is -0.417 e. The van der Waals surface area contributed by atoms with Gasteiger partial charge < -0.3 is 15.2 Å². The van der Waals surface area contributed by atoms with Crippen molar-refractivity contribution in [2.24, 2.45) is 0 Å². The van der Waals surface area contributed by atoms with Crippen LogP contribution in [0.15, 0.2) is 41.3 Å². The van der Waals surface area contributed by atoms with E-state index in [1.807, 2.05) is 0 Å². The van der Waals surface area contributed by atoms with Gasteiger partial charge in [-0.15, -0.1) is 20.4 Å². The number of aromatic nitrogens is 4. The first kappa shape index (κ1) is 25.4. The van der Waals surface area contributed by atoms with Crippen molar-refractivity contribution < 1.29 is 36.2 Å². The lowest BCUT2D eigenvalue weighted by Gasteiger charge is -2.35. The van der Waals surface area contributed by atoms with Gasteiger partial charge >= 0.3 is 6.18 Å². The zero-order chi connectivity index (χ0) is 26.3. The molecule has 3 aromatic rings. The highest BCUT2D eigenvalue weighted by molar-refractivity contribution is 7.90. The Morgan fingerprint density at radius 1 is 1.11 bits per heavy atom. The third-order valence-corrected chi connectivity index (χ3v) is 6.81. The van der Waals surface area contributed by atoms with Gasteiger partial charge in [0.25, 0.3) is 11.8 Å². The number of carbonyl (C=O) groups excluding carboxylic acids is 1. The highest BCUT2D eigenvalue weighted by Crippen LogP contribution is 2.40. The fraction of sp³-hybridized carbons (Fsp3) is 0.318. The Balaban J connectivity index is 1.69. The van der Waals surface area contributed by atoms with Gasteiger partial charge in [-0.1, -0.05) is 6.07 Å². The minimum absolute atomic E-state index is 0.0246. The van der Waals surface area contributed by atoms with E-state index in [9.17, 15) is 31.5 Å². The van der Waals surface area contributed by atoms with Crippen molar-refractivity contribution in [1.29, 1.82) is 0 Å². The van der Waals surface area contributed by atoms with E-state index < -0.39 is 50.2 Å². The van der Waals surface area contributed by atoms with Gasteiger partial charge in [0.1, 0.15) is 11.2 Å². The van der Waals surface area contributed by atoms with E-state index in [0.717, 1.165) is 25.7 Å². The molecule has 1 saturated carbocycles. The van der Waals surface area contributed by atoms with Crippen molar-refractivity contribution in [1.82, 2.24) is 20.4 Å².